The molecule has 33 heavy (non-hydrogen) atoms. The lowest BCUT2D eigenvalue weighted by Gasteiger charge is -2.40. The van der Waals surface area contributed by atoms with Gasteiger partial charge < -0.3 is 15.4 Å². The van der Waals surface area contributed by atoms with Crippen LogP contribution in [-0.2, 0) is 19.6 Å². The van der Waals surface area contributed by atoms with Crippen molar-refractivity contribution in [3.63, 3.8) is 0 Å². The van der Waals surface area contributed by atoms with Crippen LogP contribution >= 0.6 is 0 Å². The van der Waals surface area contributed by atoms with E-state index in [-0.39, 0.29) is 34.6 Å². The van der Waals surface area contributed by atoms with Crippen LogP contribution in [0.15, 0.2) is 41.8 Å². The Labute approximate surface area is 196 Å². The summed E-state index contributed by atoms with van der Waals surface area (Å²) >= 11 is 0. The average molecular weight is 479 g/mol. The summed E-state index contributed by atoms with van der Waals surface area (Å²) in [6.07, 6.45) is 1.23. The van der Waals surface area contributed by atoms with Crippen molar-refractivity contribution in [3.05, 3.63) is 42.5 Å². The fourth-order valence-electron chi connectivity index (χ4n) is 4.39. The lowest BCUT2D eigenvalue weighted by molar-refractivity contribution is -0.118. The normalized spacial score (nSPS) is 24.7. The number of benzene rings is 1. The Morgan fingerprint density at radius 2 is 1.73 bits per heavy atom. The molecule has 3 rings (SSSR count). The van der Waals surface area contributed by atoms with E-state index in [1.807, 2.05) is 13.8 Å². The summed E-state index contributed by atoms with van der Waals surface area (Å²) in [5, 5.41) is 5.79. The average Bonchev–Trinajstić information content (AvgIpc) is 2.81. The molecule has 2 unspecified atom stereocenters. The molecule has 2 heterocycles. The van der Waals surface area contributed by atoms with Crippen LogP contribution in [0.5, 0.6) is 0 Å². The summed E-state index contributed by atoms with van der Waals surface area (Å²) in [5.41, 5.74) is 0.420. The standard InChI is InChI=1S/C23H34N4O5S/c1-4-21(28)25-22-17(2)15-27(16-18(22)3)33(30,31)20-7-5-19(6-8-20)23(29)24-9-10-26-11-13-32-14-12-26/h4-8,17-18,22H,1,9-16H2,2-3H3,(H,24,29)(H,25,28). The fourth-order valence-corrected chi connectivity index (χ4v) is 6.03. The molecule has 0 aliphatic carbocycles. The first kappa shape index (κ1) is 25.4. The number of piperidine rings is 1. The van der Waals surface area contributed by atoms with Crippen LogP contribution in [0, 0.1) is 11.8 Å². The topological polar surface area (TPSA) is 108 Å². The van der Waals surface area contributed by atoms with Crippen molar-refractivity contribution in [1.29, 1.82) is 0 Å². The van der Waals surface area contributed by atoms with E-state index in [9.17, 15) is 18.0 Å². The maximum atomic E-state index is 13.2. The minimum Gasteiger partial charge on any atom is -0.379 e. The first-order valence-corrected chi connectivity index (χ1v) is 12.8. The van der Waals surface area contributed by atoms with Gasteiger partial charge in [-0.3, -0.25) is 14.5 Å². The Bertz CT molecular complexity index is 932. The van der Waals surface area contributed by atoms with Crippen LogP contribution in [0.1, 0.15) is 24.2 Å². The van der Waals surface area contributed by atoms with Crippen LogP contribution in [0.25, 0.3) is 0 Å². The van der Waals surface area contributed by atoms with Crippen LogP contribution in [-0.4, -0.2) is 88.0 Å². The van der Waals surface area contributed by atoms with Gasteiger partial charge >= 0.3 is 0 Å². The molecule has 0 saturated carbocycles. The highest BCUT2D eigenvalue weighted by atomic mass is 32.2. The molecule has 10 heteroatoms. The number of rotatable bonds is 8. The van der Waals surface area contributed by atoms with E-state index >= 15 is 0 Å². The van der Waals surface area contributed by atoms with Gasteiger partial charge in [-0.05, 0) is 42.2 Å². The maximum Gasteiger partial charge on any atom is 0.251 e. The Morgan fingerprint density at radius 3 is 2.30 bits per heavy atom. The monoisotopic (exact) mass is 478 g/mol. The van der Waals surface area contributed by atoms with Gasteiger partial charge in [0.1, 0.15) is 0 Å². The summed E-state index contributed by atoms with van der Waals surface area (Å²) in [4.78, 5) is 26.5. The van der Waals surface area contributed by atoms with Crippen LogP contribution in [0.3, 0.4) is 0 Å². The third-order valence-electron chi connectivity index (χ3n) is 6.28. The van der Waals surface area contributed by atoms with E-state index in [4.69, 9.17) is 4.74 Å². The zero-order chi connectivity index (χ0) is 24.0. The highest BCUT2D eigenvalue weighted by Crippen LogP contribution is 2.27. The number of sulfonamides is 1. The van der Waals surface area contributed by atoms with E-state index < -0.39 is 10.0 Å². The van der Waals surface area contributed by atoms with E-state index in [1.165, 1.54) is 22.5 Å². The van der Waals surface area contributed by atoms with Crippen molar-refractivity contribution in [2.75, 3.05) is 52.5 Å². The van der Waals surface area contributed by atoms with Crippen molar-refractivity contribution in [2.24, 2.45) is 11.8 Å². The number of nitrogens with zero attached hydrogens (tertiary/aromatic N) is 2. The van der Waals surface area contributed by atoms with Gasteiger partial charge in [0, 0.05) is 50.9 Å². The second-order valence-corrected chi connectivity index (χ2v) is 10.7. The van der Waals surface area contributed by atoms with Gasteiger partial charge in [0.05, 0.1) is 18.1 Å². The maximum absolute atomic E-state index is 13.2. The van der Waals surface area contributed by atoms with Crippen molar-refractivity contribution in [1.82, 2.24) is 19.8 Å². The van der Waals surface area contributed by atoms with E-state index in [1.54, 1.807) is 12.1 Å². The molecule has 2 aliphatic rings. The first-order chi connectivity index (χ1) is 15.7. The molecule has 9 nitrogen and oxygen atoms in total. The summed E-state index contributed by atoms with van der Waals surface area (Å²) < 4.78 is 33.2. The number of morpholine rings is 1. The van der Waals surface area contributed by atoms with Crippen LogP contribution < -0.4 is 10.6 Å². The number of carbonyl (C=O) groups excluding carboxylic acids is 2. The Hall–Kier alpha value is -2.27. The van der Waals surface area contributed by atoms with Gasteiger partial charge in [-0.15, -0.1) is 0 Å². The molecule has 182 valence electrons. The van der Waals surface area contributed by atoms with Gasteiger partial charge in [0.25, 0.3) is 5.91 Å². The number of carbonyl (C=O) groups is 2. The Morgan fingerprint density at radius 1 is 1.12 bits per heavy atom. The van der Waals surface area contributed by atoms with Gasteiger partial charge in [0.15, 0.2) is 0 Å². The molecule has 1 aromatic carbocycles. The third-order valence-corrected chi connectivity index (χ3v) is 8.12. The fraction of sp³-hybridized carbons (Fsp3) is 0.565. The molecule has 2 amide bonds. The molecule has 2 saturated heterocycles. The van der Waals surface area contributed by atoms with Crippen LogP contribution in [0.4, 0.5) is 0 Å². The molecule has 0 spiro atoms. The van der Waals surface area contributed by atoms with E-state index in [2.05, 4.69) is 22.1 Å². The minimum absolute atomic E-state index is 0.0519. The molecule has 1 aromatic rings. The van der Waals surface area contributed by atoms with Crippen molar-refractivity contribution in [3.8, 4) is 0 Å². The minimum atomic E-state index is -3.71. The zero-order valence-electron chi connectivity index (χ0n) is 19.3. The van der Waals surface area contributed by atoms with E-state index in [0.29, 0.717) is 38.4 Å². The Balaban J connectivity index is 1.58. The quantitative estimate of drug-likeness (QED) is 0.533. The highest BCUT2D eigenvalue weighted by molar-refractivity contribution is 7.89. The molecule has 0 radical (unpaired) electrons. The van der Waals surface area contributed by atoms with Crippen molar-refractivity contribution < 1.29 is 22.7 Å². The molecule has 2 N–H and O–H groups in total. The van der Waals surface area contributed by atoms with Crippen molar-refractivity contribution in [2.45, 2.75) is 24.8 Å². The summed E-state index contributed by atoms with van der Waals surface area (Å²) in [7, 11) is -3.71. The molecular formula is C23H34N4O5S. The zero-order valence-corrected chi connectivity index (χ0v) is 20.1. The number of amides is 2. The van der Waals surface area contributed by atoms with Crippen LogP contribution in [0.2, 0.25) is 0 Å². The predicted molar refractivity (Wildman–Crippen MR) is 125 cm³/mol. The third kappa shape index (κ3) is 6.41. The van der Waals surface area contributed by atoms with Gasteiger partial charge in [-0.1, -0.05) is 20.4 Å². The van der Waals surface area contributed by atoms with Crippen molar-refractivity contribution >= 4 is 21.8 Å². The lowest BCUT2D eigenvalue weighted by atomic mass is 9.87. The molecule has 0 bridgehead atoms. The smallest absolute Gasteiger partial charge is 0.251 e. The first-order valence-electron chi connectivity index (χ1n) is 11.3. The second-order valence-electron chi connectivity index (χ2n) is 8.75. The number of hydrogen-bond acceptors (Lipinski definition) is 6. The lowest BCUT2D eigenvalue weighted by Crippen LogP contribution is -2.55. The predicted octanol–water partition coefficient (Wildman–Crippen LogP) is 0.696. The second kappa shape index (κ2) is 11.2. The molecule has 2 atom stereocenters. The summed E-state index contributed by atoms with van der Waals surface area (Å²) in [6.45, 7) is 12.3. The highest BCUT2D eigenvalue weighted by Gasteiger charge is 2.38. The molecule has 2 aliphatic heterocycles. The summed E-state index contributed by atoms with van der Waals surface area (Å²) in [5.74, 6) is -0.588. The van der Waals surface area contributed by atoms with E-state index in [0.717, 1.165) is 19.6 Å². The van der Waals surface area contributed by atoms with Gasteiger partial charge in [-0.25, -0.2) is 8.42 Å². The molecular weight excluding hydrogens is 444 g/mol. The van der Waals surface area contributed by atoms with Gasteiger partial charge in [-0.2, -0.15) is 4.31 Å². The SMILES string of the molecule is C=CC(=O)NC1C(C)CN(S(=O)(=O)c2ccc(C(=O)NCCN3CCOCC3)cc2)CC1C. The number of nitrogens with one attached hydrogen (secondary N) is 2. The van der Waals surface area contributed by atoms with Gasteiger partial charge in [0.2, 0.25) is 15.9 Å². The number of hydrogen-bond donors (Lipinski definition) is 2. The Kier molecular flexibility index (Phi) is 8.63. The largest absolute Gasteiger partial charge is 0.379 e. The summed E-state index contributed by atoms with van der Waals surface area (Å²) in [6, 6.07) is 5.92. The number of ether oxygens (including phenoxy) is 1. The molecule has 0 aromatic heterocycles. The molecule has 2 fully saturated rings.